The van der Waals surface area contributed by atoms with Crippen LogP contribution in [0, 0.1) is 0 Å². The zero-order valence-electron chi connectivity index (χ0n) is 11.7. The molecule has 0 spiro atoms. The van der Waals surface area contributed by atoms with Gasteiger partial charge >= 0.3 is 0 Å². The summed E-state index contributed by atoms with van der Waals surface area (Å²) in [4.78, 5) is 0. The van der Waals surface area contributed by atoms with Crippen LogP contribution >= 0.6 is 0 Å². The fraction of sp³-hybridized carbons (Fsp3) is 0.333. The summed E-state index contributed by atoms with van der Waals surface area (Å²) in [5.74, 6) is 0. The zero-order valence-corrected chi connectivity index (χ0v) is 11.7. The largest absolute Gasteiger partial charge is 0.324 e. The molecule has 1 nitrogen and oxygen atoms in total. The van der Waals surface area contributed by atoms with Gasteiger partial charge in [-0.25, -0.2) is 0 Å². The summed E-state index contributed by atoms with van der Waals surface area (Å²) in [6.45, 7) is 2.22. The van der Waals surface area contributed by atoms with Gasteiger partial charge in [-0.1, -0.05) is 80.8 Å². The smallest absolute Gasteiger partial charge is 0.0294 e. The second kappa shape index (κ2) is 7.10. The number of benzene rings is 2. The van der Waals surface area contributed by atoms with Crippen LogP contribution in [0.2, 0.25) is 0 Å². The van der Waals surface area contributed by atoms with E-state index in [9.17, 15) is 0 Å². The highest BCUT2D eigenvalue weighted by molar-refractivity contribution is 5.63. The van der Waals surface area contributed by atoms with Crippen molar-refractivity contribution in [2.24, 2.45) is 5.73 Å². The Kier molecular flexibility index (Phi) is 5.17. The van der Waals surface area contributed by atoms with Crippen molar-refractivity contribution in [2.75, 3.05) is 0 Å². The van der Waals surface area contributed by atoms with Crippen LogP contribution in [0.1, 0.15) is 44.2 Å². The van der Waals surface area contributed by atoms with Crippen LogP contribution in [-0.2, 0) is 0 Å². The Morgan fingerprint density at radius 2 is 1.47 bits per heavy atom. The lowest BCUT2D eigenvalue weighted by Crippen LogP contribution is -2.09. The lowest BCUT2D eigenvalue weighted by atomic mass is 9.98. The van der Waals surface area contributed by atoms with E-state index in [2.05, 4.69) is 55.5 Å². The van der Waals surface area contributed by atoms with Gasteiger partial charge in [-0.15, -0.1) is 0 Å². The maximum absolute atomic E-state index is 6.22. The highest BCUT2D eigenvalue weighted by Gasteiger charge is 2.05. The molecule has 0 saturated carbocycles. The fourth-order valence-corrected chi connectivity index (χ4v) is 2.33. The standard InChI is InChI=1S/C18H23N/c1-2-3-5-10-18(19)17-13-11-16(12-14-17)15-8-6-4-7-9-15/h4,6-9,11-14,18H,2-3,5,10,19H2,1H3. The Morgan fingerprint density at radius 3 is 2.11 bits per heavy atom. The minimum absolute atomic E-state index is 0.177. The third-order valence-electron chi connectivity index (χ3n) is 3.56. The van der Waals surface area contributed by atoms with Crippen molar-refractivity contribution in [3.63, 3.8) is 0 Å². The first-order chi connectivity index (χ1) is 9.31. The molecule has 0 aliphatic heterocycles. The molecule has 2 aromatic carbocycles. The maximum atomic E-state index is 6.22. The van der Waals surface area contributed by atoms with Gasteiger partial charge in [-0.05, 0) is 23.1 Å². The molecule has 0 aliphatic carbocycles. The van der Waals surface area contributed by atoms with Crippen LogP contribution in [0.25, 0.3) is 11.1 Å². The van der Waals surface area contributed by atoms with Crippen molar-refractivity contribution in [3.05, 3.63) is 60.2 Å². The topological polar surface area (TPSA) is 26.0 Å². The summed E-state index contributed by atoms with van der Waals surface area (Å²) in [6.07, 6.45) is 4.83. The Bertz CT molecular complexity index is 473. The second-order valence-electron chi connectivity index (χ2n) is 5.09. The number of nitrogens with two attached hydrogens (primary N) is 1. The van der Waals surface area contributed by atoms with Gasteiger partial charge in [-0.2, -0.15) is 0 Å². The second-order valence-corrected chi connectivity index (χ2v) is 5.09. The van der Waals surface area contributed by atoms with Gasteiger partial charge in [0.15, 0.2) is 0 Å². The van der Waals surface area contributed by atoms with Crippen LogP contribution in [0.3, 0.4) is 0 Å². The molecule has 100 valence electrons. The van der Waals surface area contributed by atoms with Crippen molar-refractivity contribution in [1.82, 2.24) is 0 Å². The third-order valence-corrected chi connectivity index (χ3v) is 3.56. The molecule has 2 N–H and O–H groups in total. The van der Waals surface area contributed by atoms with Crippen molar-refractivity contribution in [3.8, 4) is 11.1 Å². The van der Waals surface area contributed by atoms with E-state index >= 15 is 0 Å². The molecule has 1 heteroatoms. The van der Waals surface area contributed by atoms with Gasteiger partial charge in [-0.3, -0.25) is 0 Å². The Morgan fingerprint density at radius 1 is 0.842 bits per heavy atom. The molecule has 0 saturated heterocycles. The number of rotatable bonds is 6. The van der Waals surface area contributed by atoms with E-state index < -0.39 is 0 Å². The van der Waals surface area contributed by atoms with E-state index in [4.69, 9.17) is 5.73 Å². The van der Waals surface area contributed by atoms with Crippen molar-refractivity contribution in [2.45, 2.75) is 38.6 Å². The number of hydrogen-bond donors (Lipinski definition) is 1. The molecule has 2 rings (SSSR count). The van der Waals surface area contributed by atoms with Crippen LogP contribution in [-0.4, -0.2) is 0 Å². The minimum atomic E-state index is 0.177. The van der Waals surface area contributed by atoms with E-state index in [1.54, 1.807) is 0 Å². The molecule has 19 heavy (non-hydrogen) atoms. The minimum Gasteiger partial charge on any atom is -0.324 e. The Hall–Kier alpha value is -1.60. The lowest BCUT2D eigenvalue weighted by molar-refractivity contribution is 0.581. The molecule has 1 atom stereocenters. The van der Waals surface area contributed by atoms with Crippen molar-refractivity contribution < 1.29 is 0 Å². The van der Waals surface area contributed by atoms with Crippen molar-refractivity contribution >= 4 is 0 Å². The van der Waals surface area contributed by atoms with Gasteiger partial charge in [0.2, 0.25) is 0 Å². The molecule has 0 aromatic heterocycles. The fourth-order valence-electron chi connectivity index (χ4n) is 2.33. The van der Waals surface area contributed by atoms with E-state index in [1.807, 2.05) is 6.07 Å². The SMILES string of the molecule is CCCCCC(N)c1ccc(-c2ccccc2)cc1. The molecule has 1 unspecified atom stereocenters. The molecular weight excluding hydrogens is 230 g/mol. The Balaban J connectivity index is 2.02. The molecule has 0 fully saturated rings. The molecule has 0 radical (unpaired) electrons. The number of unbranched alkanes of at least 4 members (excludes halogenated alkanes) is 2. The first-order valence-corrected chi connectivity index (χ1v) is 7.22. The van der Waals surface area contributed by atoms with Gasteiger partial charge in [0.05, 0.1) is 0 Å². The first kappa shape index (κ1) is 13.8. The molecular formula is C18H23N. The Labute approximate surface area is 116 Å². The predicted octanol–water partition coefficient (Wildman–Crippen LogP) is 4.93. The summed E-state index contributed by atoms with van der Waals surface area (Å²) in [5, 5.41) is 0. The predicted molar refractivity (Wildman–Crippen MR) is 82.9 cm³/mol. The van der Waals surface area contributed by atoms with E-state index in [1.165, 1.54) is 36.0 Å². The van der Waals surface area contributed by atoms with Gasteiger partial charge in [0.1, 0.15) is 0 Å². The van der Waals surface area contributed by atoms with E-state index in [-0.39, 0.29) is 6.04 Å². The molecule has 0 amide bonds. The third kappa shape index (κ3) is 3.93. The summed E-state index contributed by atoms with van der Waals surface area (Å²) >= 11 is 0. The van der Waals surface area contributed by atoms with Crippen LogP contribution in [0.4, 0.5) is 0 Å². The van der Waals surface area contributed by atoms with Crippen LogP contribution < -0.4 is 5.73 Å². The van der Waals surface area contributed by atoms with Crippen LogP contribution in [0.15, 0.2) is 54.6 Å². The molecule has 2 aromatic rings. The summed E-state index contributed by atoms with van der Waals surface area (Å²) in [7, 11) is 0. The zero-order chi connectivity index (χ0) is 13.5. The molecule has 0 aliphatic rings. The first-order valence-electron chi connectivity index (χ1n) is 7.22. The van der Waals surface area contributed by atoms with E-state index in [0.29, 0.717) is 0 Å². The highest BCUT2D eigenvalue weighted by Crippen LogP contribution is 2.23. The average Bonchev–Trinajstić information content (AvgIpc) is 2.48. The van der Waals surface area contributed by atoms with Gasteiger partial charge in [0.25, 0.3) is 0 Å². The lowest BCUT2D eigenvalue weighted by Gasteiger charge is -2.12. The van der Waals surface area contributed by atoms with Gasteiger partial charge < -0.3 is 5.73 Å². The molecule has 0 bridgehead atoms. The average molecular weight is 253 g/mol. The summed E-state index contributed by atoms with van der Waals surface area (Å²) in [6, 6.07) is 19.3. The quantitative estimate of drug-likeness (QED) is 0.725. The summed E-state index contributed by atoms with van der Waals surface area (Å²) in [5.41, 5.74) is 9.98. The number of hydrogen-bond acceptors (Lipinski definition) is 1. The molecule has 0 heterocycles. The van der Waals surface area contributed by atoms with E-state index in [0.717, 1.165) is 6.42 Å². The normalized spacial score (nSPS) is 12.3. The maximum Gasteiger partial charge on any atom is 0.0294 e. The van der Waals surface area contributed by atoms with Gasteiger partial charge in [0, 0.05) is 6.04 Å². The monoisotopic (exact) mass is 253 g/mol. The van der Waals surface area contributed by atoms with Crippen LogP contribution in [0.5, 0.6) is 0 Å². The highest BCUT2D eigenvalue weighted by atomic mass is 14.6. The van der Waals surface area contributed by atoms with Crippen molar-refractivity contribution in [1.29, 1.82) is 0 Å². The summed E-state index contributed by atoms with van der Waals surface area (Å²) < 4.78 is 0.